The molecular weight excluding hydrogens is 1300 g/mol. The number of hydrogen-bond acceptors (Lipinski definition) is 20. The molecule has 6 atom stereocenters. The number of nitrogens with zero attached hydrogens (tertiary/aromatic N) is 2. The number of amides is 4. The number of ether oxygens (including phenoxy) is 11. The lowest BCUT2D eigenvalue weighted by Crippen LogP contribution is -2.64. The molecule has 0 spiro atoms. The Morgan fingerprint density at radius 1 is 0.584 bits per heavy atom. The maximum Gasteiger partial charge on any atom is 0.407 e. The number of esters is 4. The van der Waals surface area contributed by atoms with Crippen molar-refractivity contribution in [3.8, 4) is 39.9 Å². The summed E-state index contributed by atoms with van der Waals surface area (Å²) in [6, 6.07) is 44.5. The Morgan fingerprint density at radius 3 is 1.87 bits per heavy atom. The van der Waals surface area contributed by atoms with Crippen molar-refractivity contribution in [1.82, 2.24) is 10.3 Å². The van der Waals surface area contributed by atoms with E-state index in [-0.39, 0.29) is 65.2 Å². The molecule has 3 heterocycles. The van der Waals surface area contributed by atoms with Crippen LogP contribution in [-0.4, -0.2) is 150 Å². The highest BCUT2D eigenvalue weighted by Gasteiger charge is 2.56. The summed E-state index contributed by atoms with van der Waals surface area (Å²) in [6.45, 7) is 5.21. The smallest absolute Gasteiger partial charge is 0.407 e. The number of benzene rings is 7. The minimum absolute atomic E-state index is 0.0496. The number of alkyl carbamates (subject to hydrolysis) is 1. The van der Waals surface area contributed by atoms with Crippen LogP contribution in [0.15, 0.2) is 152 Å². The van der Waals surface area contributed by atoms with E-state index >= 15 is 0 Å². The van der Waals surface area contributed by atoms with Crippen LogP contribution in [-0.2, 0) is 78.3 Å². The Balaban J connectivity index is 0.863. The number of fused-ring (bicyclic) bond motifs is 5. The van der Waals surface area contributed by atoms with Crippen LogP contribution in [0.5, 0.6) is 28.7 Å². The Kier molecular flexibility index (Phi) is 22.1. The van der Waals surface area contributed by atoms with Gasteiger partial charge in [-0.15, -0.1) is 0 Å². The number of carbonyl (C=O) groups is 8. The van der Waals surface area contributed by atoms with Gasteiger partial charge in [0.25, 0.3) is 11.8 Å². The molecule has 101 heavy (non-hydrogen) atoms. The third kappa shape index (κ3) is 16.4. The van der Waals surface area contributed by atoms with Crippen LogP contribution in [0.2, 0.25) is 0 Å². The largest absolute Gasteiger partial charge is 0.493 e. The number of carbonyl (C=O) groups excluding carboxylic acids is 8. The first-order valence-electron chi connectivity index (χ1n) is 32.6. The van der Waals surface area contributed by atoms with Gasteiger partial charge < -0.3 is 77.9 Å². The molecule has 524 valence electrons. The van der Waals surface area contributed by atoms with Gasteiger partial charge in [0.2, 0.25) is 18.3 Å². The fourth-order valence-corrected chi connectivity index (χ4v) is 13.1. The summed E-state index contributed by atoms with van der Waals surface area (Å²) < 4.78 is 63.4. The number of rotatable bonds is 25. The molecule has 3 aliphatic rings. The van der Waals surface area contributed by atoms with Crippen LogP contribution in [0.4, 0.5) is 21.9 Å². The van der Waals surface area contributed by atoms with Gasteiger partial charge in [-0.2, -0.15) is 0 Å². The molecule has 7 aromatic carbocycles. The molecule has 25 nitrogen and oxygen atoms in total. The van der Waals surface area contributed by atoms with Crippen molar-refractivity contribution < 1.29 is 94.9 Å². The highest BCUT2D eigenvalue weighted by molar-refractivity contribution is 6.13. The Bertz CT molecular complexity index is 4420. The van der Waals surface area contributed by atoms with E-state index in [0.717, 1.165) is 77.7 Å². The lowest BCUT2D eigenvalue weighted by molar-refractivity contribution is -0.955. The lowest BCUT2D eigenvalue weighted by atomic mass is 9.94. The van der Waals surface area contributed by atoms with E-state index in [0.29, 0.717) is 66.3 Å². The summed E-state index contributed by atoms with van der Waals surface area (Å²) in [5.41, 5.74) is 9.77. The third-order valence-electron chi connectivity index (χ3n) is 17.9. The summed E-state index contributed by atoms with van der Waals surface area (Å²) in [6.07, 6.45) is -6.95. The van der Waals surface area contributed by atoms with E-state index in [1.165, 1.54) is 32.5 Å². The summed E-state index contributed by atoms with van der Waals surface area (Å²) in [7, 11) is 7.12. The molecule has 4 N–H and O–H groups in total. The van der Waals surface area contributed by atoms with Gasteiger partial charge in [-0.05, 0) is 94.0 Å². The van der Waals surface area contributed by atoms with Gasteiger partial charge in [-0.1, -0.05) is 78.9 Å². The van der Waals surface area contributed by atoms with Crippen LogP contribution < -0.4 is 45.0 Å². The molecule has 25 heteroatoms. The van der Waals surface area contributed by atoms with Gasteiger partial charge in [0.05, 0.1) is 76.7 Å². The highest BCUT2D eigenvalue weighted by Crippen LogP contribution is 2.45. The maximum absolute atomic E-state index is 14.3. The first-order chi connectivity index (χ1) is 48.8. The zero-order valence-electron chi connectivity index (χ0n) is 56.9. The number of anilines is 3. The molecule has 1 aliphatic carbocycles. The third-order valence-corrected chi connectivity index (χ3v) is 17.9. The predicted molar refractivity (Wildman–Crippen MR) is 369 cm³/mol. The molecule has 1 fully saturated rings. The van der Waals surface area contributed by atoms with E-state index in [9.17, 15) is 38.4 Å². The molecule has 8 aromatic rings. The van der Waals surface area contributed by atoms with Crippen molar-refractivity contribution in [2.45, 2.75) is 89.7 Å². The standard InChI is InChI=1S/C76H76N6O19/c1-43(83)97-68-69(98-44(2)84)71(99-45(3)85)75(101-70(68)74(89)95-8)100-62-26-23-47(33-61(62)80-67(86)27-30-77-76(90)96-42-58-55-18-12-10-16-53(55)54-17-11-13-19-56(54)58)40-82(32-29-48-35-63(91-4)64(92-5)36-51(48)41-82)31-28-46-21-24-52(25-22-46)79-73(88)57-37-65(93-6)66(94-7)38-60(57)81-72(87)50-34-49-15-9-14-20-59(49)78-39-50/h9-26,33-39,58,68-71,75H,27-32,40-42H2,1-8H3,(H3-,77,79,80,81,86,87,88,90)/p+1/t68-,69+,70-,71-,75?,82?/m0/s1. The van der Waals surface area contributed by atoms with Gasteiger partial charge in [0.1, 0.15) is 25.4 Å². The quantitative estimate of drug-likeness (QED) is 0.0235. The van der Waals surface area contributed by atoms with Crippen molar-refractivity contribution >= 4 is 75.7 Å². The lowest BCUT2D eigenvalue weighted by Gasteiger charge is -2.43. The van der Waals surface area contributed by atoms with E-state index in [1.807, 2.05) is 97.1 Å². The van der Waals surface area contributed by atoms with E-state index in [4.69, 9.17) is 52.1 Å². The molecular formula is C76H77N6O19+. The molecule has 2 unspecified atom stereocenters. The van der Waals surface area contributed by atoms with Gasteiger partial charge in [-0.25, -0.2) is 9.59 Å². The van der Waals surface area contributed by atoms with E-state index in [1.54, 1.807) is 50.6 Å². The summed E-state index contributed by atoms with van der Waals surface area (Å²) in [5, 5.41) is 12.2. The fourth-order valence-electron chi connectivity index (χ4n) is 13.1. The fraction of sp³-hybridized carbons (Fsp3) is 0.303. The number of hydrogen-bond donors (Lipinski definition) is 4. The minimum Gasteiger partial charge on any atom is -0.493 e. The van der Waals surface area contributed by atoms with Crippen LogP contribution in [0.25, 0.3) is 22.0 Å². The highest BCUT2D eigenvalue weighted by atomic mass is 16.7. The molecule has 4 amide bonds. The number of para-hydroxylation sites is 1. The normalized spacial score (nSPS) is 18.0. The number of quaternary nitrogens is 1. The number of nitrogens with one attached hydrogen (secondary N) is 4. The van der Waals surface area contributed by atoms with Crippen molar-refractivity contribution in [1.29, 1.82) is 0 Å². The second kappa shape index (κ2) is 31.5. The first kappa shape index (κ1) is 70.7. The molecule has 2 aliphatic heterocycles. The van der Waals surface area contributed by atoms with E-state index in [2.05, 4.69) is 26.3 Å². The number of pyridine rings is 1. The van der Waals surface area contributed by atoms with Crippen molar-refractivity contribution in [3.05, 3.63) is 196 Å². The first-order valence-corrected chi connectivity index (χ1v) is 32.6. The predicted octanol–water partition coefficient (Wildman–Crippen LogP) is 10.0. The van der Waals surface area contributed by atoms with Crippen LogP contribution in [0.3, 0.4) is 0 Å². The minimum atomic E-state index is -1.79. The topological polar surface area (TPSA) is 299 Å². The van der Waals surface area contributed by atoms with Crippen LogP contribution >= 0.6 is 0 Å². The molecule has 0 radical (unpaired) electrons. The zero-order chi connectivity index (χ0) is 71.5. The summed E-state index contributed by atoms with van der Waals surface area (Å²) in [5.74, 6) is -3.89. The van der Waals surface area contributed by atoms with Crippen molar-refractivity contribution in [3.63, 3.8) is 0 Å². The summed E-state index contributed by atoms with van der Waals surface area (Å²) in [4.78, 5) is 112. The molecule has 1 saturated heterocycles. The molecule has 11 rings (SSSR count). The Morgan fingerprint density at radius 2 is 1.20 bits per heavy atom. The van der Waals surface area contributed by atoms with Crippen LogP contribution in [0.1, 0.15) is 87.2 Å². The molecule has 0 bridgehead atoms. The second-order valence-electron chi connectivity index (χ2n) is 24.5. The average molecular weight is 1380 g/mol. The van der Waals surface area contributed by atoms with Gasteiger partial charge >= 0.3 is 30.0 Å². The average Bonchev–Trinajstić information content (AvgIpc) is 1.17. The van der Waals surface area contributed by atoms with Gasteiger partial charge in [0, 0.05) is 87.0 Å². The molecule has 0 saturated carbocycles. The number of aromatic nitrogens is 1. The Hall–Kier alpha value is -11.6. The van der Waals surface area contributed by atoms with E-state index < -0.39 is 78.4 Å². The molecule has 1 aromatic heterocycles. The van der Waals surface area contributed by atoms with Crippen molar-refractivity contribution in [2.75, 3.05) is 77.7 Å². The van der Waals surface area contributed by atoms with Gasteiger partial charge in [0.15, 0.2) is 41.3 Å². The SMILES string of the molecule is COC(=O)[C@H]1OC(Oc2ccc(C[N+]3(CCc4ccc(NC(=O)c5cc(OC)c(OC)cc5NC(=O)c5cnc6ccccc6c5)cc4)CCc4cc(OC)c(OC)cc4C3)cc2NC(=O)CCNC(=O)OCC2c3ccccc3-c3ccccc32)[C@@H](OC(C)=O)[C@H](OC(C)=O)[C@@H]1OC(C)=O. The van der Waals surface area contributed by atoms with Crippen molar-refractivity contribution in [2.24, 2.45) is 0 Å². The van der Waals surface area contributed by atoms with Crippen LogP contribution in [0, 0.1) is 0 Å². The maximum atomic E-state index is 14.3. The Labute approximate surface area is 582 Å². The second-order valence-corrected chi connectivity index (χ2v) is 24.5. The van der Waals surface area contributed by atoms with Gasteiger partial charge in [-0.3, -0.25) is 33.8 Å². The zero-order valence-corrected chi connectivity index (χ0v) is 56.9. The monoisotopic (exact) mass is 1380 g/mol. The summed E-state index contributed by atoms with van der Waals surface area (Å²) >= 11 is 0. The number of methoxy groups -OCH3 is 5.